The molecule has 0 spiro atoms. The van der Waals surface area contributed by atoms with E-state index in [1.54, 1.807) is 13.4 Å². The lowest BCUT2D eigenvalue weighted by Gasteiger charge is -2.35. The van der Waals surface area contributed by atoms with Crippen molar-refractivity contribution in [3.63, 3.8) is 0 Å². The van der Waals surface area contributed by atoms with Crippen molar-refractivity contribution in [3.8, 4) is 5.75 Å². The van der Waals surface area contributed by atoms with E-state index in [1.807, 2.05) is 31.2 Å². The predicted molar refractivity (Wildman–Crippen MR) is 117 cm³/mol. The highest BCUT2D eigenvalue weighted by Gasteiger charge is 2.24. The van der Waals surface area contributed by atoms with Crippen LogP contribution >= 0.6 is 11.3 Å². The molecule has 3 aromatic rings. The summed E-state index contributed by atoms with van der Waals surface area (Å²) in [6, 6.07) is 7.40. The van der Waals surface area contributed by atoms with Gasteiger partial charge < -0.3 is 19.9 Å². The molecule has 1 N–H and O–H groups in total. The number of para-hydroxylation sites is 2. The summed E-state index contributed by atoms with van der Waals surface area (Å²) in [5.74, 6) is 1.40. The number of hydrogen-bond acceptors (Lipinski definition) is 7. The van der Waals surface area contributed by atoms with Gasteiger partial charge in [-0.15, -0.1) is 11.3 Å². The van der Waals surface area contributed by atoms with Gasteiger partial charge in [0.15, 0.2) is 0 Å². The Bertz CT molecular complexity index is 1030. The molecule has 4 rings (SSSR count). The molecule has 8 heteroatoms. The van der Waals surface area contributed by atoms with Crippen LogP contribution < -0.4 is 15.0 Å². The number of amides is 1. The van der Waals surface area contributed by atoms with E-state index in [2.05, 4.69) is 32.0 Å². The minimum Gasteiger partial charge on any atom is -0.495 e. The minimum absolute atomic E-state index is 0.156. The lowest BCUT2D eigenvalue weighted by molar-refractivity contribution is 0.102. The summed E-state index contributed by atoms with van der Waals surface area (Å²) in [6.07, 6.45) is 1.60. The maximum atomic E-state index is 13.0. The number of fused-ring (bicyclic) bond motifs is 1. The molecule has 1 amide bonds. The van der Waals surface area contributed by atoms with Gasteiger partial charge in [-0.1, -0.05) is 19.1 Å². The number of methoxy groups -OCH3 is 1. The summed E-state index contributed by atoms with van der Waals surface area (Å²) in [5.41, 5.74) is 1.57. The molecule has 29 heavy (non-hydrogen) atoms. The summed E-state index contributed by atoms with van der Waals surface area (Å²) >= 11 is 1.41. The molecular formula is C21H25N5O2S. The number of ether oxygens (including phenoxy) is 1. The zero-order chi connectivity index (χ0) is 20.4. The second-order valence-electron chi connectivity index (χ2n) is 7.01. The zero-order valence-electron chi connectivity index (χ0n) is 16.9. The van der Waals surface area contributed by atoms with E-state index in [0.29, 0.717) is 16.3 Å². The van der Waals surface area contributed by atoms with Crippen molar-refractivity contribution in [2.75, 3.05) is 50.1 Å². The Balaban J connectivity index is 1.65. The Morgan fingerprint density at radius 1 is 1.21 bits per heavy atom. The molecule has 0 atom stereocenters. The number of piperazine rings is 1. The van der Waals surface area contributed by atoms with E-state index < -0.39 is 0 Å². The molecule has 7 nitrogen and oxygen atoms in total. The van der Waals surface area contributed by atoms with Gasteiger partial charge in [0.05, 0.1) is 23.1 Å². The van der Waals surface area contributed by atoms with Gasteiger partial charge in [-0.05, 0) is 31.2 Å². The molecular weight excluding hydrogens is 386 g/mol. The van der Waals surface area contributed by atoms with Crippen LogP contribution in [0.25, 0.3) is 10.2 Å². The second-order valence-corrected chi connectivity index (χ2v) is 8.01. The zero-order valence-corrected chi connectivity index (χ0v) is 17.8. The maximum absolute atomic E-state index is 13.0. The van der Waals surface area contributed by atoms with Crippen LogP contribution in [0.4, 0.5) is 11.5 Å². The molecule has 152 valence electrons. The molecule has 1 aliphatic heterocycles. The quantitative estimate of drug-likeness (QED) is 0.694. The lowest BCUT2D eigenvalue weighted by atomic mass is 10.1. The van der Waals surface area contributed by atoms with Crippen molar-refractivity contribution in [2.45, 2.75) is 13.8 Å². The van der Waals surface area contributed by atoms with Crippen molar-refractivity contribution in [2.24, 2.45) is 0 Å². The highest BCUT2D eigenvalue weighted by atomic mass is 32.1. The average Bonchev–Trinajstić information content (AvgIpc) is 3.11. The Kier molecular flexibility index (Phi) is 5.64. The van der Waals surface area contributed by atoms with Crippen LogP contribution in [-0.4, -0.2) is 60.6 Å². The summed E-state index contributed by atoms with van der Waals surface area (Å²) in [4.78, 5) is 28.3. The van der Waals surface area contributed by atoms with Gasteiger partial charge in [0.25, 0.3) is 5.91 Å². The first kappa shape index (κ1) is 19.6. The standard InChI is InChI=1S/C21H25N5O2S/c1-4-25-9-11-26(12-10-25)19-17-14(2)18(29-21(17)23-13-22-19)20(27)24-15-7-5-6-8-16(15)28-3/h5-8,13H,4,9-12H2,1-3H3,(H,24,27). The number of carbonyl (C=O) groups excluding carboxylic acids is 1. The molecule has 0 radical (unpaired) electrons. The van der Waals surface area contributed by atoms with Gasteiger partial charge in [-0.3, -0.25) is 4.79 Å². The largest absolute Gasteiger partial charge is 0.495 e. The Morgan fingerprint density at radius 3 is 2.69 bits per heavy atom. The Morgan fingerprint density at radius 2 is 1.97 bits per heavy atom. The molecule has 1 aromatic carbocycles. The van der Waals surface area contributed by atoms with Crippen LogP contribution in [0.3, 0.4) is 0 Å². The van der Waals surface area contributed by atoms with Crippen molar-refractivity contribution < 1.29 is 9.53 Å². The number of thiophene rings is 1. The van der Waals surface area contributed by atoms with Gasteiger partial charge >= 0.3 is 0 Å². The summed E-state index contributed by atoms with van der Waals surface area (Å²) in [7, 11) is 1.59. The molecule has 2 aromatic heterocycles. The number of aryl methyl sites for hydroxylation is 1. The van der Waals surface area contributed by atoms with E-state index in [-0.39, 0.29) is 5.91 Å². The molecule has 0 unspecified atom stereocenters. The highest BCUT2D eigenvalue weighted by molar-refractivity contribution is 7.20. The van der Waals surface area contributed by atoms with Gasteiger partial charge in [0.2, 0.25) is 0 Å². The summed E-state index contributed by atoms with van der Waals surface area (Å²) < 4.78 is 5.34. The first-order chi connectivity index (χ1) is 14.1. The Labute approximate surface area is 174 Å². The number of carbonyl (C=O) groups is 1. The van der Waals surface area contributed by atoms with E-state index in [1.165, 1.54) is 11.3 Å². The van der Waals surface area contributed by atoms with Gasteiger partial charge in [0, 0.05) is 26.2 Å². The van der Waals surface area contributed by atoms with Crippen molar-refractivity contribution >= 4 is 39.0 Å². The predicted octanol–water partition coefficient (Wildman–Crippen LogP) is 3.40. The van der Waals surface area contributed by atoms with Crippen LogP contribution in [0.15, 0.2) is 30.6 Å². The minimum atomic E-state index is -0.156. The first-order valence-corrected chi connectivity index (χ1v) is 10.6. The third kappa shape index (κ3) is 3.77. The van der Waals surface area contributed by atoms with E-state index in [4.69, 9.17) is 4.74 Å². The number of nitrogens with one attached hydrogen (secondary N) is 1. The molecule has 3 heterocycles. The Hall–Kier alpha value is -2.71. The van der Waals surface area contributed by atoms with E-state index in [9.17, 15) is 4.79 Å². The average molecular weight is 412 g/mol. The monoisotopic (exact) mass is 411 g/mol. The van der Waals surface area contributed by atoms with Crippen molar-refractivity contribution in [1.82, 2.24) is 14.9 Å². The number of benzene rings is 1. The van der Waals surface area contributed by atoms with Crippen molar-refractivity contribution in [1.29, 1.82) is 0 Å². The fourth-order valence-electron chi connectivity index (χ4n) is 3.71. The van der Waals surface area contributed by atoms with Crippen LogP contribution in [0, 0.1) is 6.92 Å². The summed E-state index contributed by atoms with van der Waals surface area (Å²) in [5, 5.41) is 3.95. The van der Waals surface area contributed by atoms with Gasteiger partial charge in [-0.25, -0.2) is 9.97 Å². The number of nitrogens with zero attached hydrogens (tertiary/aromatic N) is 4. The molecule has 0 bridgehead atoms. The smallest absolute Gasteiger partial charge is 0.266 e. The fraction of sp³-hybridized carbons (Fsp3) is 0.381. The van der Waals surface area contributed by atoms with Crippen LogP contribution in [0.1, 0.15) is 22.2 Å². The second kappa shape index (κ2) is 8.34. The number of hydrogen-bond donors (Lipinski definition) is 1. The van der Waals surface area contributed by atoms with Gasteiger partial charge in [0.1, 0.15) is 22.7 Å². The normalized spacial score (nSPS) is 14.9. The fourth-order valence-corrected chi connectivity index (χ4v) is 4.75. The molecule has 1 aliphatic rings. The highest BCUT2D eigenvalue weighted by Crippen LogP contribution is 2.36. The third-order valence-electron chi connectivity index (χ3n) is 5.39. The van der Waals surface area contributed by atoms with Crippen LogP contribution in [-0.2, 0) is 0 Å². The topological polar surface area (TPSA) is 70.6 Å². The van der Waals surface area contributed by atoms with E-state index >= 15 is 0 Å². The number of likely N-dealkylation sites (N-methyl/N-ethyl adjacent to an activating group) is 1. The lowest BCUT2D eigenvalue weighted by Crippen LogP contribution is -2.46. The summed E-state index contributed by atoms with van der Waals surface area (Å²) in [6.45, 7) is 9.13. The van der Waals surface area contributed by atoms with Gasteiger partial charge in [-0.2, -0.15) is 0 Å². The molecule has 1 saturated heterocycles. The number of anilines is 2. The van der Waals surface area contributed by atoms with Crippen LogP contribution in [0.2, 0.25) is 0 Å². The van der Waals surface area contributed by atoms with E-state index in [0.717, 1.165) is 54.3 Å². The third-order valence-corrected chi connectivity index (χ3v) is 6.59. The molecule has 0 aliphatic carbocycles. The maximum Gasteiger partial charge on any atom is 0.266 e. The first-order valence-electron chi connectivity index (χ1n) is 9.78. The SMILES string of the molecule is CCN1CCN(c2ncnc3sc(C(=O)Nc4ccccc4OC)c(C)c23)CC1. The molecule has 1 fully saturated rings. The van der Waals surface area contributed by atoms with Crippen LogP contribution in [0.5, 0.6) is 5.75 Å². The van der Waals surface area contributed by atoms with Crippen molar-refractivity contribution in [3.05, 3.63) is 41.0 Å². The number of aromatic nitrogens is 2. The molecule has 0 saturated carbocycles. The number of rotatable bonds is 5.